The first-order valence-electron chi connectivity index (χ1n) is 6.65. The van der Waals surface area contributed by atoms with Crippen molar-refractivity contribution in [3.05, 3.63) is 66.2 Å². The molecule has 1 aliphatic rings. The summed E-state index contributed by atoms with van der Waals surface area (Å²) >= 11 is 0. The Kier molecular flexibility index (Phi) is 3.20. The van der Waals surface area contributed by atoms with Gasteiger partial charge in [0.25, 0.3) is 0 Å². The molecule has 19 heavy (non-hydrogen) atoms. The molecular formula is C17H16N2. The molecule has 2 aromatic carbocycles. The smallest absolute Gasteiger partial charge is 0.0675 e. The summed E-state index contributed by atoms with van der Waals surface area (Å²) in [4.78, 5) is 2.35. The first-order chi connectivity index (χ1) is 9.38. The van der Waals surface area contributed by atoms with Gasteiger partial charge in [0.05, 0.1) is 18.0 Å². The summed E-state index contributed by atoms with van der Waals surface area (Å²) in [5, 5.41) is 9.22. The number of anilines is 1. The summed E-state index contributed by atoms with van der Waals surface area (Å²) in [6.45, 7) is 0.820. The van der Waals surface area contributed by atoms with Gasteiger partial charge in [0.2, 0.25) is 0 Å². The molecule has 1 heterocycles. The Morgan fingerprint density at radius 1 is 0.947 bits per heavy atom. The fraction of sp³-hybridized carbons (Fsp3) is 0.235. The Hall–Kier alpha value is -2.27. The first-order valence-corrected chi connectivity index (χ1v) is 6.65. The molecule has 1 aliphatic heterocycles. The van der Waals surface area contributed by atoms with Gasteiger partial charge in [-0.15, -0.1) is 0 Å². The number of hydrogen-bond acceptors (Lipinski definition) is 2. The molecule has 0 unspecified atom stereocenters. The topological polar surface area (TPSA) is 27.0 Å². The van der Waals surface area contributed by atoms with E-state index in [-0.39, 0.29) is 5.92 Å². The van der Waals surface area contributed by atoms with Crippen LogP contribution in [0.4, 0.5) is 5.69 Å². The lowest BCUT2D eigenvalue weighted by Crippen LogP contribution is -2.23. The van der Waals surface area contributed by atoms with Gasteiger partial charge in [-0.25, -0.2) is 0 Å². The van der Waals surface area contributed by atoms with E-state index in [9.17, 15) is 5.26 Å². The fourth-order valence-corrected chi connectivity index (χ4v) is 2.83. The van der Waals surface area contributed by atoms with Crippen LogP contribution in [0.15, 0.2) is 60.7 Å². The number of benzene rings is 2. The second kappa shape index (κ2) is 5.16. The SMILES string of the molecule is N#C[C@H]1C[C@H](c2ccccc2)N(c2ccccc2)C1. The van der Waals surface area contributed by atoms with Crippen LogP contribution in [0.1, 0.15) is 18.0 Å². The summed E-state index contributed by atoms with van der Waals surface area (Å²) in [6.07, 6.45) is 0.912. The van der Waals surface area contributed by atoms with E-state index in [1.54, 1.807) is 0 Å². The second-order valence-corrected chi connectivity index (χ2v) is 4.98. The molecular weight excluding hydrogens is 232 g/mol. The van der Waals surface area contributed by atoms with Gasteiger partial charge >= 0.3 is 0 Å². The molecule has 0 spiro atoms. The molecule has 2 nitrogen and oxygen atoms in total. The van der Waals surface area contributed by atoms with Gasteiger partial charge in [-0.1, -0.05) is 48.5 Å². The molecule has 0 bridgehead atoms. The van der Waals surface area contributed by atoms with E-state index >= 15 is 0 Å². The zero-order valence-corrected chi connectivity index (χ0v) is 10.7. The van der Waals surface area contributed by atoms with Crippen molar-refractivity contribution in [2.45, 2.75) is 12.5 Å². The number of nitriles is 1. The molecule has 2 heteroatoms. The largest absolute Gasteiger partial charge is 0.363 e. The normalized spacial score (nSPS) is 22.2. The van der Waals surface area contributed by atoms with Crippen molar-refractivity contribution in [3.8, 4) is 6.07 Å². The second-order valence-electron chi connectivity index (χ2n) is 4.98. The minimum absolute atomic E-state index is 0.116. The van der Waals surface area contributed by atoms with E-state index in [4.69, 9.17) is 0 Å². The van der Waals surface area contributed by atoms with Crippen molar-refractivity contribution < 1.29 is 0 Å². The maximum atomic E-state index is 9.22. The predicted octanol–water partition coefficient (Wildman–Crippen LogP) is 3.78. The van der Waals surface area contributed by atoms with E-state index in [2.05, 4.69) is 59.5 Å². The molecule has 1 fully saturated rings. The van der Waals surface area contributed by atoms with Crippen LogP contribution < -0.4 is 4.90 Å². The summed E-state index contributed by atoms with van der Waals surface area (Å²) in [5.74, 6) is 0.116. The average molecular weight is 248 g/mol. The standard InChI is InChI=1S/C17H16N2/c18-12-14-11-17(15-7-3-1-4-8-15)19(13-14)16-9-5-2-6-10-16/h1-10,14,17H,11,13H2/t14-,17-/m1/s1. The van der Waals surface area contributed by atoms with E-state index in [1.165, 1.54) is 11.3 Å². The van der Waals surface area contributed by atoms with Crippen molar-refractivity contribution in [1.29, 1.82) is 5.26 Å². The number of hydrogen-bond donors (Lipinski definition) is 0. The lowest BCUT2D eigenvalue weighted by atomic mass is 10.0. The average Bonchev–Trinajstić information content (AvgIpc) is 2.93. The van der Waals surface area contributed by atoms with Gasteiger partial charge in [-0.2, -0.15) is 5.26 Å². The van der Waals surface area contributed by atoms with Crippen LogP contribution >= 0.6 is 0 Å². The molecule has 0 N–H and O–H groups in total. The number of rotatable bonds is 2. The Labute approximate surface area is 113 Å². The zero-order chi connectivity index (χ0) is 13.1. The van der Waals surface area contributed by atoms with Crippen LogP contribution in [0.25, 0.3) is 0 Å². The molecule has 0 saturated carbocycles. The Morgan fingerprint density at radius 2 is 1.58 bits per heavy atom. The van der Waals surface area contributed by atoms with Crippen LogP contribution in [0.3, 0.4) is 0 Å². The third kappa shape index (κ3) is 2.32. The summed E-state index contributed by atoms with van der Waals surface area (Å²) in [6, 6.07) is 23.6. The molecule has 94 valence electrons. The van der Waals surface area contributed by atoms with Crippen molar-refractivity contribution in [2.75, 3.05) is 11.4 Å². The highest BCUT2D eigenvalue weighted by Crippen LogP contribution is 2.38. The van der Waals surface area contributed by atoms with Crippen LogP contribution in [0, 0.1) is 17.2 Å². The summed E-state index contributed by atoms with van der Waals surface area (Å²) in [7, 11) is 0. The van der Waals surface area contributed by atoms with Gasteiger partial charge in [0, 0.05) is 12.2 Å². The van der Waals surface area contributed by atoms with Crippen molar-refractivity contribution >= 4 is 5.69 Å². The van der Waals surface area contributed by atoms with Gasteiger partial charge in [0.15, 0.2) is 0 Å². The highest BCUT2D eigenvalue weighted by molar-refractivity contribution is 5.50. The van der Waals surface area contributed by atoms with Crippen molar-refractivity contribution in [2.24, 2.45) is 5.92 Å². The number of para-hydroxylation sites is 1. The zero-order valence-electron chi connectivity index (χ0n) is 10.7. The van der Waals surface area contributed by atoms with Crippen molar-refractivity contribution in [3.63, 3.8) is 0 Å². The van der Waals surface area contributed by atoms with Gasteiger partial charge in [-0.3, -0.25) is 0 Å². The van der Waals surface area contributed by atoms with Crippen molar-refractivity contribution in [1.82, 2.24) is 0 Å². The summed E-state index contributed by atoms with van der Waals surface area (Å²) in [5.41, 5.74) is 2.50. The van der Waals surface area contributed by atoms with E-state index in [0.717, 1.165) is 13.0 Å². The Bertz CT molecular complexity index is 524. The van der Waals surface area contributed by atoms with E-state index in [0.29, 0.717) is 6.04 Å². The third-order valence-corrected chi connectivity index (χ3v) is 3.76. The Morgan fingerprint density at radius 3 is 2.21 bits per heavy atom. The minimum atomic E-state index is 0.116. The molecule has 2 aromatic rings. The monoisotopic (exact) mass is 248 g/mol. The predicted molar refractivity (Wildman–Crippen MR) is 76.7 cm³/mol. The molecule has 2 atom stereocenters. The fourth-order valence-electron chi connectivity index (χ4n) is 2.83. The molecule has 0 radical (unpaired) electrons. The molecule has 1 saturated heterocycles. The van der Waals surface area contributed by atoms with E-state index in [1.807, 2.05) is 12.1 Å². The molecule has 0 aromatic heterocycles. The maximum Gasteiger partial charge on any atom is 0.0675 e. The van der Waals surface area contributed by atoms with Gasteiger partial charge in [-0.05, 0) is 24.1 Å². The Balaban J connectivity index is 1.95. The number of nitrogens with zero attached hydrogens (tertiary/aromatic N) is 2. The quantitative estimate of drug-likeness (QED) is 0.808. The summed E-state index contributed by atoms with van der Waals surface area (Å²) < 4.78 is 0. The van der Waals surface area contributed by atoms with Crippen LogP contribution in [0.2, 0.25) is 0 Å². The maximum absolute atomic E-state index is 9.22. The molecule has 3 rings (SSSR count). The lowest BCUT2D eigenvalue weighted by Gasteiger charge is -2.27. The first kappa shape index (κ1) is 11.8. The van der Waals surface area contributed by atoms with E-state index < -0.39 is 0 Å². The van der Waals surface area contributed by atoms with Crippen LogP contribution in [-0.4, -0.2) is 6.54 Å². The third-order valence-electron chi connectivity index (χ3n) is 3.76. The highest BCUT2D eigenvalue weighted by Gasteiger charge is 2.32. The minimum Gasteiger partial charge on any atom is -0.363 e. The van der Waals surface area contributed by atoms with Gasteiger partial charge in [0.1, 0.15) is 0 Å². The van der Waals surface area contributed by atoms with Crippen LogP contribution in [0.5, 0.6) is 0 Å². The van der Waals surface area contributed by atoms with Crippen LogP contribution in [-0.2, 0) is 0 Å². The lowest BCUT2D eigenvalue weighted by molar-refractivity contribution is 0.676. The van der Waals surface area contributed by atoms with Gasteiger partial charge < -0.3 is 4.90 Å². The highest BCUT2D eigenvalue weighted by atomic mass is 15.2. The molecule has 0 amide bonds. The molecule has 0 aliphatic carbocycles.